The number of urea groups is 1. The lowest BCUT2D eigenvalue weighted by molar-refractivity contribution is 0.218. The number of hydrogen-bond donors (Lipinski definition) is 0. The normalized spacial score (nSPS) is 15.5. The predicted octanol–water partition coefficient (Wildman–Crippen LogP) is 1.99. The van der Waals surface area contributed by atoms with E-state index in [1.165, 1.54) is 11.3 Å². The number of pyridine rings is 1. The van der Waals surface area contributed by atoms with Crippen LogP contribution < -0.4 is 4.80 Å². The minimum atomic E-state index is -0.174. The van der Waals surface area contributed by atoms with Crippen LogP contribution in [0.3, 0.4) is 0 Å². The topological polar surface area (TPSA) is 76.3 Å². The number of rotatable bonds is 1. The van der Waals surface area contributed by atoms with E-state index >= 15 is 0 Å². The molecule has 23 heavy (non-hydrogen) atoms. The van der Waals surface area contributed by atoms with Crippen molar-refractivity contribution < 1.29 is 4.79 Å². The largest absolute Gasteiger partial charge is 0.346 e. The van der Waals surface area contributed by atoms with Crippen LogP contribution in [0.15, 0.2) is 41.2 Å². The number of aromatic nitrogens is 4. The Kier molecular flexibility index (Phi) is 3.58. The number of carbonyl (C=O) groups is 1. The third kappa shape index (κ3) is 2.72. The first kappa shape index (κ1) is 14.0. The number of likely N-dealkylation sites (tertiary alicyclic amines) is 1. The summed E-state index contributed by atoms with van der Waals surface area (Å²) >= 11 is 1.42. The van der Waals surface area contributed by atoms with E-state index in [4.69, 9.17) is 0 Å². The predicted molar refractivity (Wildman–Crippen MR) is 86.3 cm³/mol. The zero-order valence-electron chi connectivity index (χ0n) is 12.3. The van der Waals surface area contributed by atoms with E-state index in [2.05, 4.69) is 19.9 Å². The summed E-state index contributed by atoms with van der Waals surface area (Å²) in [4.78, 5) is 31.6. The SMILES string of the molecule is O=C(/N=c1\sccn1-c1cnc2nccnc2c1)N1CCCC1. The first-order valence-corrected chi connectivity index (χ1v) is 8.26. The molecule has 4 heterocycles. The van der Waals surface area contributed by atoms with E-state index in [1.807, 2.05) is 22.2 Å². The summed E-state index contributed by atoms with van der Waals surface area (Å²) in [6.45, 7) is 1.58. The molecule has 4 rings (SSSR count). The molecule has 3 aromatic rings. The molecular weight excluding hydrogens is 312 g/mol. The van der Waals surface area contributed by atoms with E-state index in [0.29, 0.717) is 16.0 Å². The molecule has 0 unspecified atom stereocenters. The average molecular weight is 326 g/mol. The Bertz CT molecular complexity index is 925. The van der Waals surface area contributed by atoms with Gasteiger partial charge in [0, 0.05) is 37.1 Å². The van der Waals surface area contributed by atoms with Gasteiger partial charge in [-0.3, -0.25) is 9.55 Å². The van der Waals surface area contributed by atoms with Gasteiger partial charge in [0.05, 0.1) is 11.9 Å². The highest BCUT2D eigenvalue weighted by Gasteiger charge is 2.17. The van der Waals surface area contributed by atoms with Gasteiger partial charge in [-0.2, -0.15) is 4.99 Å². The molecule has 8 heteroatoms. The molecule has 1 aliphatic rings. The van der Waals surface area contributed by atoms with Crippen LogP contribution in [0.25, 0.3) is 16.9 Å². The van der Waals surface area contributed by atoms with Crippen LogP contribution in [0.4, 0.5) is 4.79 Å². The number of thiazole rings is 1. The van der Waals surface area contributed by atoms with E-state index < -0.39 is 0 Å². The van der Waals surface area contributed by atoms with E-state index in [9.17, 15) is 4.79 Å². The van der Waals surface area contributed by atoms with Crippen molar-refractivity contribution in [1.82, 2.24) is 24.4 Å². The molecule has 0 aromatic carbocycles. The zero-order valence-corrected chi connectivity index (χ0v) is 13.1. The highest BCUT2D eigenvalue weighted by molar-refractivity contribution is 7.07. The van der Waals surface area contributed by atoms with Gasteiger partial charge >= 0.3 is 6.03 Å². The first-order valence-electron chi connectivity index (χ1n) is 7.38. The van der Waals surface area contributed by atoms with Crippen molar-refractivity contribution in [2.45, 2.75) is 12.8 Å². The monoisotopic (exact) mass is 326 g/mol. The molecule has 7 nitrogen and oxygen atoms in total. The summed E-state index contributed by atoms with van der Waals surface area (Å²) in [7, 11) is 0. The second-order valence-electron chi connectivity index (χ2n) is 5.24. The van der Waals surface area contributed by atoms with Crippen molar-refractivity contribution in [2.75, 3.05) is 13.1 Å². The maximum atomic E-state index is 12.2. The molecule has 0 bridgehead atoms. The summed E-state index contributed by atoms with van der Waals surface area (Å²) in [5, 5.41) is 1.90. The Hall–Kier alpha value is -2.61. The van der Waals surface area contributed by atoms with Gasteiger partial charge in [-0.25, -0.2) is 14.8 Å². The molecular formula is C15H14N6OS. The van der Waals surface area contributed by atoms with Crippen LogP contribution in [-0.4, -0.2) is 43.5 Å². The highest BCUT2D eigenvalue weighted by atomic mass is 32.1. The van der Waals surface area contributed by atoms with Crippen LogP contribution >= 0.6 is 11.3 Å². The minimum Gasteiger partial charge on any atom is -0.323 e. The van der Waals surface area contributed by atoms with Gasteiger partial charge in [0.1, 0.15) is 5.52 Å². The van der Waals surface area contributed by atoms with Gasteiger partial charge in [0.2, 0.25) is 0 Å². The lowest BCUT2D eigenvalue weighted by Crippen LogP contribution is -2.27. The summed E-state index contributed by atoms with van der Waals surface area (Å²) < 4.78 is 1.85. The molecule has 0 radical (unpaired) electrons. The summed E-state index contributed by atoms with van der Waals surface area (Å²) in [5.41, 5.74) is 2.12. The fourth-order valence-corrected chi connectivity index (χ4v) is 3.30. The molecule has 0 aliphatic carbocycles. The number of fused-ring (bicyclic) bond motifs is 1. The van der Waals surface area contributed by atoms with Crippen LogP contribution in [0.1, 0.15) is 12.8 Å². The standard InChI is InChI=1S/C15H14N6OS/c22-14(20-5-1-2-6-20)19-15-21(7-8-23-15)11-9-12-13(18-10-11)17-4-3-16-12/h3-4,7-10H,1-2,5-6H2/b19-15-. The van der Waals surface area contributed by atoms with Crippen LogP contribution in [0.2, 0.25) is 0 Å². The van der Waals surface area contributed by atoms with Crippen molar-refractivity contribution in [1.29, 1.82) is 0 Å². The van der Waals surface area contributed by atoms with Gasteiger partial charge in [0.25, 0.3) is 0 Å². The third-order valence-electron chi connectivity index (χ3n) is 3.75. The molecule has 1 saturated heterocycles. The van der Waals surface area contributed by atoms with Crippen LogP contribution in [0, 0.1) is 0 Å². The van der Waals surface area contributed by atoms with Crippen molar-refractivity contribution in [3.8, 4) is 5.69 Å². The molecule has 1 fully saturated rings. The zero-order chi connectivity index (χ0) is 15.6. The van der Waals surface area contributed by atoms with Crippen molar-refractivity contribution in [3.05, 3.63) is 41.0 Å². The Balaban J connectivity index is 1.74. The molecule has 116 valence electrons. The molecule has 0 saturated carbocycles. The minimum absolute atomic E-state index is 0.174. The van der Waals surface area contributed by atoms with E-state index in [0.717, 1.165) is 31.6 Å². The van der Waals surface area contributed by atoms with Gasteiger partial charge < -0.3 is 4.90 Å². The van der Waals surface area contributed by atoms with Gasteiger partial charge in [-0.05, 0) is 18.9 Å². The Morgan fingerprint density at radius 3 is 2.87 bits per heavy atom. The number of amides is 2. The van der Waals surface area contributed by atoms with Crippen LogP contribution in [0.5, 0.6) is 0 Å². The summed E-state index contributed by atoms with van der Waals surface area (Å²) in [6, 6.07) is 1.72. The molecule has 0 spiro atoms. The molecule has 2 amide bonds. The molecule has 1 aliphatic heterocycles. The Morgan fingerprint density at radius 2 is 2.00 bits per heavy atom. The van der Waals surface area contributed by atoms with Crippen molar-refractivity contribution in [3.63, 3.8) is 0 Å². The lowest BCUT2D eigenvalue weighted by atomic mass is 10.3. The molecule has 0 N–H and O–H groups in total. The second kappa shape index (κ2) is 5.88. The fourth-order valence-electron chi connectivity index (χ4n) is 2.59. The maximum absolute atomic E-state index is 12.2. The molecule has 3 aromatic heterocycles. The Morgan fingerprint density at radius 1 is 1.17 bits per heavy atom. The fraction of sp³-hybridized carbons (Fsp3) is 0.267. The summed E-state index contributed by atoms with van der Waals surface area (Å²) in [6.07, 6.45) is 8.94. The van der Waals surface area contributed by atoms with Crippen LogP contribution in [-0.2, 0) is 0 Å². The van der Waals surface area contributed by atoms with Crippen molar-refractivity contribution >= 4 is 28.5 Å². The van der Waals surface area contributed by atoms with Gasteiger partial charge in [-0.1, -0.05) is 0 Å². The highest BCUT2D eigenvalue weighted by Crippen LogP contribution is 2.12. The number of carbonyl (C=O) groups excluding carboxylic acids is 1. The Labute approximate surface area is 136 Å². The maximum Gasteiger partial charge on any atom is 0.346 e. The van der Waals surface area contributed by atoms with E-state index in [-0.39, 0.29) is 6.03 Å². The summed E-state index contributed by atoms with van der Waals surface area (Å²) in [5.74, 6) is 0. The number of hydrogen-bond acceptors (Lipinski definition) is 5. The molecule has 0 atom stereocenters. The third-order valence-corrected chi connectivity index (χ3v) is 4.50. The van der Waals surface area contributed by atoms with Gasteiger partial charge in [-0.15, -0.1) is 11.3 Å². The van der Waals surface area contributed by atoms with Crippen molar-refractivity contribution in [2.24, 2.45) is 4.99 Å². The van der Waals surface area contributed by atoms with E-state index in [1.54, 1.807) is 23.5 Å². The lowest BCUT2D eigenvalue weighted by Gasteiger charge is -2.10. The average Bonchev–Trinajstić information content (AvgIpc) is 3.26. The van der Waals surface area contributed by atoms with Gasteiger partial charge in [0.15, 0.2) is 10.4 Å². The second-order valence-corrected chi connectivity index (χ2v) is 6.11. The number of nitrogens with zero attached hydrogens (tertiary/aromatic N) is 6. The smallest absolute Gasteiger partial charge is 0.323 e. The first-order chi connectivity index (χ1) is 11.3. The quantitative estimate of drug-likeness (QED) is 0.685.